The number of rotatable bonds is 4. The van der Waals surface area contributed by atoms with Crippen LogP contribution in [0.15, 0.2) is 11.6 Å². The molecular weight excluding hydrogens is 290 g/mol. The van der Waals surface area contributed by atoms with E-state index < -0.39 is 34.4 Å². The Morgan fingerprint density at radius 2 is 2.15 bits per heavy atom. The molecule has 0 radical (unpaired) electrons. The zero-order valence-corrected chi connectivity index (χ0v) is 11.7. The molecule has 0 aromatic rings. The van der Waals surface area contributed by atoms with Crippen molar-refractivity contribution in [3.05, 3.63) is 11.6 Å². The molecule has 2 rings (SSSR count). The Morgan fingerprint density at radius 3 is 2.60 bits per heavy atom. The van der Waals surface area contributed by atoms with Gasteiger partial charge in [-0.05, 0) is 11.5 Å². The molecule has 0 aliphatic carbocycles. The molecule has 0 aromatic carbocycles. The number of hydrogen-bond donors (Lipinski definition) is 2. The average Bonchev–Trinajstić information content (AvgIpc) is 2.52. The minimum atomic E-state index is -4.82. The first-order valence-electron chi connectivity index (χ1n) is 5.89. The van der Waals surface area contributed by atoms with E-state index in [0.29, 0.717) is 10.6 Å². The third kappa shape index (κ3) is 2.49. The lowest BCUT2D eigenvalue weighted by atomic mass is 9.90. The van der Waals surface area contributed by atoms with Gasteiger partial charge in [-0.3, -0.25) is 9.35 Å². The Morgan fingerprint density at radius 1 is 1.55 bits per heavy atom. The van der Waals surface area contributed by atoms with E-state index in [1.807, 2.05) is 13.8 Å². The Bertz CT molecular complexity index is 584. The largest absolute Gasteiger partial charge is 0.418 e. The van der Waals surface area contributed by atoms with Crippen molar-refractivity contribution in [3.63, 3.8) is 0 Å². The van der Waals surface area contributed by atoms with Crippen LogP contribution in [0.2, 0.25) is 0 Å². The fraction of sp³-hybridized carbons (Fsp3) is 0.600. The molecular formula is C10H15N3O6S. The molecule has 2 aliphatic rings. The summed E-state index contributed by atoms with van der Waals surface area (Å²) in [7, 11) is -4.82. The highest BCUT2D eigenvalue weighted by molar-refractivity contribution is 7.80. The Hall–Kier alpha value is -1.65. The van der Waals surface area contributed by atoms with E-state index >= 15 is 0 Å². The van der Waals surface area contributed by atoms with E-state index in [0.717, 1.165) is 4.90 Å². The van der Waals surface area contributed by atoms with Gasteiger partial charge in [-0.2, -0.15) is 13.5 Å². The van der Waals surface area contributed by atoms with Crippen molar-refractivity contribution in [2.45, 2.75) is 25.9 Å². The predicted octanol–water partition coefficient (Wildman–Crippen LogP) is -0.723. The molecule has 0 unspecified atom stereocenters. The van der Waals surface area contributed by atoms with Crippen molar-refractivity contribution in [1.29, 1.82) is 0 Å². The van der Waals surface area contributed by atoms with Crippen LogP contribution in [0, 0.1) is 5.92 Å². The molecule has 1 fully saturated rings. The lowest BCUT2D eigenvalue weighted by Gasteiger charge is -2.31. The number of carbonyl (C=O) groups excluding carboxylic acids is 2. The molecule has 1 saturated heterocycles. The van der Waals surface area contributed by atoms with E-state index in [1.165, 1.54) is 0 Å². The Labute approximate surface area is 115 Å². The highest BCUT2D eigenvalue weighted by Gasteiger charge is 2.49. The van der Waals surface area contributed by atoms with Gasteiger partial charge in [0.25, 0.3) is 0 Å². The summed E-state index contributed by atoms with van der Waals surface area (Å²) in [6.07, 6.45) is 1.58. The van der Waals surface area contributed by atoms with Gasteiger partial charge in [-0.1, -0.05) is 19.9 Å². The fourth-order valence-electron chi connectivity index (χ4n) is 2.47. The molecule has 112 valence electrons. The van der Waals surface area contributed by atoms with Crippen molar-refractivity contribution in [3.8, 4) is 0 Å². The van der Waals surface area contributed by atoms with Gasteiger partial charge in [0.2, 0.25) is 5.91 Å². The van der Waals surface area contributed by atoms with Crippen molar-refractivity contribution in [2.24, 2.45) is 11.7 Å². The first-order chi connectivity index (χ1) is 9.11. The number of nitrogens with zero attached hydrogens (tertiary/aromatic N) is 2. The third-order valence-electron chi connectivity index (χ3n) is 3.24. The first kappa shape index (κ1) is 14.8. The Balaban J connectivity index is 2.40. The summed E-state index contributed by atoms with van der Waals surface area (Å²) in [6, 6.07) is -2.46. The average molecular weight is 305 g/mol. The minimum absolute atomic E-state index is 0.0590. The summed E-state index contributed by atoms with van der Waals surface area (Å²) in [4.78, 5) is 24.7. The molecule has 3 N–H and O–H groups in total. The van der Waals surface area contributed by atoms with Gasteiger partial charge in [0.1, 0.15) is 6.04 Å². The normalized spacial score (nSPS) is 26.2. The van der Waals surface area contributed by atoms with Gasteiger partial charge in [-0.25, -0.2) is 4.79 Å². The van der Waals surface area contributed by atoms with Crippen molar-refractivity contribution >= 4 is 22.3 Å². The maximum atomic E-state index is 12.1. The third-order valence-corrected chi connectivity index (χ3v) is 3.59. The maximum Gasteiger partial charge on any atom is 0.418 e. The second kappa shape index (κ2) is 4.72. The SMILES string of the molecule is CC(C)C1=C[C@H]2CN(C(=O)N2OS(=O)(=O)O)[C@@H]1C(N)=O. The number of amides is 3. The van der Waals surface area contributed by atoms with Gasteiger partial charge >= 0.3 is 16.4 Å². The molecule has 2 aliphatic heterocycles. The van der Waals surface area contributed by atoms with Crippen LogP contribution in [-0.4, -0.2) is 53.5 Å². The van der Waals surface area contributed by atoms with Crippen molar-refractivity contribution in [2.75, 3.05) is 6.54 Å². The number of fused-ring (bicyclic) bond motifs is 2. The minimum Gasteiger partial charge on any atom is -0.368 e. The highest BCUT2D eigenvalue weighted by atomic mass is 32.3. The van der Waals surface area contributed by atoms with Gasteiger partial charge < -0.3 is 10.6 Å². The van der Waals surface area contributed by atoms with Crippen molar-refractivity contribution in [1.82, 2.24) is 9.96 Å². The van der Waals surface area contributed by atoms with Crippen LogP contribution in [0.3, 0.4) is 0 Å². The molecule has 2 bridgehead atoms. The summed E-state index contributed by atoms with van der Waals surface area (Å²) < 4.78 is 34.5. The number of carbonyl (C=O) groups is 2. The zero-order chi connectivity index (χ0) is 15.2. The van der Waals surface area contributed by atoms with Gasteiger partial charge in [0.05, 0.1) is 12.6 Å². The summed E-state index contributed by atoms with van der Waals surface area (Å²) >= 11 is 0. The topological polar surface area (TPSA) is 130 Å². The summed E-state index contributed by atoms with van der Waals surface area (Å²) in [5, 5.41) is 0.528. The second-order valence-electron chi connectivity index (χ2n) is 4.96. The molecule has 10 heteroatoms. The monoisotopic (exact) mass is 305 g/mol. The van der Waals surface area contributed by atoms with Gasteiger partial charge in [-0.15, -0.1) is 4.28 Å². The quantitative estimate of drug-likeness (QED) is 0.520. The van der Waals surface area contributed by atoms with Gasteiger partial charge in [0.15, 0.2) is 0 Å². The highest BCUT2D eigenvalue weighted by Crippen LogP contribution is 2.33. The van der Waals surface area contributed by atoms with Crippen LogP contribution in [0.25, 0.3) is 0 Å². The first-order valence-corrected chi connectivity index (χ1v) is 7.26. The van der Waals surface area contributed by atoms with Crippen LogP contribution in [-0.2, 0) is 19.5 Å². The molecule has 9 nitrogen and oxygen atoms in total. The number of urea groups is 1. The van der Waals surface area contributed by atoms with Crippen LogP contribution in [0.1, 0.15) is 13.8 Å². The predicted molar refractivity (Wildman–Crippen MR) is 66.3 cm³/mol. The van der Waals surface area contributed by atoms with Gasteiger partial charge in [0, 0.05) is 0 Å². The standard InChI is InChI=1S/C10H15N3O6S/c1-5(2)7-3-6-4-12(8(7)9(11)14)10(15)13(6)19-20(16,17)18/h3,5-6,8H,4H2,1-2H3,(H2,11,14)(H,16,17,18)/t6-,8-/m0/s1. The van der Waals surface area contributed by atoms with Crippen LogP contribution >= 0.6 is 0 Å². The molecule has 0 spiro atoms. The van der Waals surface area contributed by atoms with E-state index in [1.54, 1.807) is 6.08 Å². The number of hydrogen-bond acceptors (Lipinski definition) is 5. The molecule has 3 amide bonds. The maximum absolute atomic E-state index is 12.1. The molecule has 0 saturated carbocycles. The van der Waals surface area contributed by atoms with Crippen LogP contribution in [0.5, 0.6) is 0 Å². The van der Waals surface area contributed by atoms with E-state index in [-0.39, 0.29) is 12.5 Å². The summed E-state index contributed by atoms with van der Waals surface area (Å²) in [6.45, 7) is 3.72. The second-order valence-corrected chi connectivity index (χ2v) is 5.96. The lowest BCUT2D eigenvalue weighted by molar-refractivity contribution is -0.121. The van der Waals surface area contributed by atoms with E-state index in [4.69, 9.17) is 10.3 Å². The molecule has 2 atom stereocenters. The number of nitrogens with two attached hydrogens (primary N) is 1. The zero-order valence-electron chi connectivity index (χ0n) is 10.9. The van der Waals surface area contributed by atoms with Crippen molar-refractivity contribution < 1.29 is 26.8 Å². The van der Waals surface area contributed by atoms with E-state index in [9.17, 15) is 18.0 Å². The molecule has 0 aromatic heterocycles. The Kier molecular flexibility index (Phi) is 3.48. The lowest BCUT2D eigenvalue weighted by Crippen LogP contribution is -2.49. The van der Waals surface area contributed by atoms with E-state index in [2.05, 4.69) is 4.28 Å². The molecule has 20 heavy (non-hydrogen) atoms. The summed E-state index contributed by atoms with van der Waals surface area (Å²) in [5.41, 5.74) is 5.93. The van der Waals surface area contributed by atoms with Crippen LogP contribution in [0.4, 0.5) is 4.79 Å². The number of hydroxylamine groups is 2. The number of primary amides is 1. The molecule has 2 heterocycles. The smallest absolute Gasteiger partial charge is 0.368 e. The fourth-order valence-corrected chi connectivity index (χ4v) is 2.84. The summed E-state index contributed by atoms with van der Waals surface area (Å²) in [5.74, 6) is -0.762. The van der Waals surface area contributed by atoms with Crippen LogP contribution < -0.4 is 5.73 Å².